The molecule has 37 heavy (non-hydrogen) atoms. The van der Waals surface area contributed by atoms with Crippen LogP contribution in [-0.4, -0.2) is 31.9 Å². The molecule has 0 bridgehead atoms. The molecule has 0 N–H and O–H groups in total. The van der Waals surface area contributed by atoms with Gasteiger partial charge in [-0.15, -0.1) is 0 Å². The molecule has 196 valence electrons. The van der Waals surface area contributed by atoms with Gasteiger partial charge in [0.1, 0.15) is 11.7 Å². The third-order valence-corrected chi connectivity index (χ3v) is 8.14. The van der Waals surface area contributed by atoms with E-state index in [0.717, 1.165) is 23.1 Å². The molecule has 4 rings (SSSR count). The van der Waals surface area contributed by atoms with Gasteiger partial charge in [-0.2, -0.15) is 4.31 Å². The number of benzene rings is 3. The van der Waals surface area contributed by atoms with Gasteiger partial charge in [0, 0.05) is 29.1 Å². The van der Waals surface area contributed by atoms with Crippen molar-refractivity contribution in [3.63, 3.8) is 0 Å². The van der Waals surface area contributed by atoms with Crippen LogP contribution in [-0.2, 0) is 38.3 Å². The summed E-state index contributed by atoms with van der Waals surface area (Å²) in [6.07, 6.45) is -0.757. The Morgan fingerprint density at radius 3 is 2.38 bits per heavy atom. The maximum atomic E-state index is 14.4. The Kier molecular flexibility index (Phi) is 8.40. The number of ether oxygens (including phenoxy) is 2. The van der Waals surface area contributed by atoms with E-state index in [1.54, 1.807) is 24.3 Å². The van der Waals surface area contributed by atoms with Crippen molar-refractivity contribution in [2.45, 2.75) is 31.3 Å². The topological polar surface area (TPSA) is 55.8 Å². The zero-order valence-corrected chi connectivity index (χ0v) is 21.3. The van der Waals surface area contributed by atoms with Gasteiger partial charge in [0.25, 0.3) is 0 Å². The lowest BCUT2D eigenvalue weighted by molar-refractivity contribution is -0.186. The molecule has 3 aromatic rings. The van der Waals surface area contributed by atoms with E-state index in [1.165, 1.54) is 4.31 Å². The molecule has 3 aromatic carbocycles. The minimum Gasteiger partial charge on any atom is -0.369 e. The van der Waals surface area contributed by atoms with Crippen molar-refractivity contribution in [1.29, 1.82) is 0 Å². The molecular weight excluding hydrogens is 527 g/mol. The van der Waals surface area contributed by atoms with E-state index < -0.39 is 45.8 Å². The fourth-order valence-electron chi connectivity index (χ4n) is 4.36. The van der Waals surface area contributed by atoms with Crippen LogP contribution in [0, 0.1) is 17.5 Å². The largest absolute Gasteiger partial charge is 0.369 e. The number of halogens is 4. The molecule has 1 heterocycles. The Morgan fingerprint density at radius 2 is 1.70 bits per heavy atom. The van der Waals surface area contributed by atoms with E-state index in [2.05, 4.69) is 6.58 Å². The molecule has 1 fully saturated rings. The number of hydrogen-bond donors (Lipinski definition) is 0. The van der Waals surface area contributed by atoms with Gasteiger partial charge in [0.2, 0.25) is 10.0 Å². The van der Waals surface area contributed by atoms with E-state index in [9.17, 15) is 21.6 Å². The van der Waals surface area contributed by atoms with E-state index in [4.69, 9.17) is 21.1 Å². The Hall–Kier alpha value is -2.69. The van der Waals surface area contributed by atoms with Crippen molar-refractivity contribution in [1.82, 2.24) is 4.31 Å². The van der Waals surface area contributed by atoms with Crippen molar-refractivity contribution < 1.29 is 31.1 Å². The predicted octanol–water partition coefficient (Wildman–Crippen LogP) is 5.93. The molecule has 10 heteroatoms. The average molecular weight is 552 g/mol. The van der Waals surface area contributed by atoms with Crippen LogP contribution in [0.5, 0.6) is 0 Å². The summed E-state index contributed by atoms with van der Waals surface area (Å²) in [5.41, 5.74) is 0.181. The zero-order valence-electron chi connectivity index (χ0n) is 19.7. The lowest BCUT2D eigenvalue weighted by Crippen LogP contribution is -2.56. The quantitative estimate of drug-likeness (QED) is 0.309. The van der Waals surface area contributed by atoms with E-state index in [0.29, 0.717) is 10.6 Å². The van der Waals surface area contributed by atoms with E-state index in [1.807, 2.05) is 30.3 Å². The fraction of sp³-hybridized carbons (Fsp3) is 0.259. The normalized spacial score (nSPS) is 20.6. The van der Waals surface area contributed by atoms with Gasteiger partial charge < -0.3 is 9.47 Å². The molecule has 1 aliphatic rings. The first-order chi connectivity index (χ1) is 17.7. The van der Waals surface area contributed by atoms with Gasteiger partial charge in [0.05, 0.1) is 13.2 Å². The minimum absolute atomic E-state index is 0.102. The summed E-state index contributed by atoms with van der Waals surface area (Å²) in [7, 11) is -3.81. The molecule has 0 aromatic heterocycles. The molecule has 1 aliphatic heterocycles. The van der Waals surface area contributed by atoms with E-state index >= 15 is 0 Å². The molecule has 0 unspecified atom stereocenters. The Balaban J connectivity index is 1.73. The molecule has 2 atom stereocenters. The molecule has 0 radical (unpaired) electrons. The third-order valence-electron chi connectivity index (χ3n) is 6.42. The Labute approximate surface area is 219 Å². The highest BCUT2D eigenvalue weighted by Gasteiger charge is 2.48. The standard InChI is InChI=1S/C27H25ClF3NO4S/c1-2-37(33,34)32-15-14-27(21-9-11-22(28)12-10-21,36-17-19-6-4-3-5-7-19)24(16-32)35-18-20-8-13-23(29)26(31)25(20)30/h2-13,24H,1,14-18H2/t24-,27-/m1/s1. The lowest BCUT2D eigenvalue weighted by Gasteiger charge is -2.47. The van der Waals surface area contributed by atoms with Crippen LogP contribution in [0.15, 0.2) is 78.7 Å². The highest BCUT2D eigenvalue weighted by Crippen LogP contribution is 2.41. The molecule has 5 nitrogen and oxygen atoms in total. The first-order valence-corrected chi connectivity index (χ1v) is 13.3. The summed E-state index contributed by atoms with van der Waals surface area (Å²) in [4.78, 5) is 0. The predicted molar refractivity (Wildman–Crippen MR) is 135 cm³/mol. The summed E-state index contributed by atoms with van der Waals surface area (Å²) in [6.45, 7) is 3.09. The summed E-state index contributed by atoms with van der Waals surface area (Å²) >= 11 is 6.11. The third kappa shape index (κ3) is 5.91. The van der Waals surface area contributed by atoms with Crippen LogP contribution in [0.2, 0.25) is 5.02 Å². The fourth-order valence-corrected chi connectivity index (χ4v) is 5.39. The van der Waals surface area contributed by atoms with Crippen LogP contribution in [0.4, 0.5) is 13.2 Å². The van der Waals surface area contributed by atoms with Crippen LogP contribution >= 0.6 is 11.6 Å². The van der Waals surface area contributed by atoms with Crippen LogP contribution in [0.1, 0.15) is 23.1 Å². The maximum Gasteiger partial charge on any atom is 0.235 e. The van der Waals surface area contributed by atoms with Crippen molar-refractivity contribution >= 4 is 21.6 Å². The Morgan fingerprint density at radius 1 is 1.00 bits per heavy atom. The molecule has 1 saturated heterocycles. The second-order valence-electron chi connectivity index (χ2n) is 8.62. The summed E-state index contributed by atoms with van der Waals surface area (Å²) in [6, 6.07) is 18.2. The number of rotatable bonds is 9. The highest BCUT2D eigenvalue weighted by molar-refractivity contribution is 7.92. The summed E-state index contributed by atoms with van der Waals surface area (Å²) in [5.74, 6) is -4.29. The molecule has 0 amide bonds. The highest BCUT2D eigenvalue weighted by atomic mass is 35.5. The maximum absolute atomic E-state index is 14.4. The SMILES string of the molecule is C=CS(=O)(=O)N1CC[C@@](OCc2ccccc2)(c2ccc(Cl)cc2)[C@H](OCc2ccc(F)c(F)c2F)C1. The second-order valence-corrected chi connectivity index (χ2v) is 10.9. The summed E-state index contributed by atoms with van der Waals surface area (Å²) < 4.78 is 80.7. The van der Waals surface area contributed by atoms with Gasteiger partial charge in [-0.1, -0.05) is 66.7 Å². The lowest BCUT2D eigenvalue weighted by atomic mass is 9.82. The molecule has 0 aliphatic carbocycles. The van der Waals surface area contributed by atoms with Crippen molar-refractivity contribution in [3.8, 4) is 0 Å². The molecule has 0 saturated carbocycles. The first kappa shape index (κ1) is 27.3. The number of hydrogen-bond acceptors (Lipinski definition) is 4. The van der Waals surface area contributed by atoms with Crippen LogP contribution in [0.3, 0.4) is 0 Å². The number of nitrogens with zero attached hydrogens (tertiary/aromatic N) is 1. The van der Waals surface area contributed by atoms with Crippen molar-refractivity contribution in [2.24, 2.45) is 0 Å². The second kappa shape index (κ2) is 11.4. The Bertz CT molecular complexity index is 1360. The van der Waals surface area contributed by atoms with Gasteiger partial charge in [-0.25, -0.2) is 21.6 Å². The summed E-state index contributed by atoms with van der Waals surface area (Å²) in [5, 5.41) is 1.34. The monoisotopic (exact) mass is 551 g/mol. The molecule has 0 spiro atoms. The van der Waals surface area contributed by atoms with Crippen LogP contribution in [0.25, 0.3) is 0 Å². The van der Waals surface area contributed by atoms with Gasteiger partial charge in [-0.05, 0) is 35.7 Å². The smallest absolute Gasteiger partial charge is 0.235 e. The van der Waals surface area contributed by atoms with Crippen molar-refractivity contribution in [2.75, 3.05) is 13.1 Å². The molecular formula is C27H25ClF3NO4S. The number of piperidine rings is 1. The average Bonchev–Trinajstić information content (AvgIpc) is 2.91. The van der Waals surface area contributed by atoms with E-state index in [-0.39, 0.29) is 31.7 Å². The number of sulfonamides is 1. The minimum atomic E-state index is -3.81. The van der Waals surface area contributed by atoms with Gasteiger partial charge in [0.15, 0.2) is 17.5 Å². The zero-order chi connectivity index (χ0) is 26.6. The van der Waals surface area contributed by atoms with Crippen LogP contribution < -0.4 is 0 Å². The van der Waals surface area contributed by atoms with Crippen molar-refractivity contribution in [3.05, 3.63) is 118 Å². The first-order valence-electron chi connectivity index (χ1n) is 11.5. The van der Waals surface area contributed by atoms with Gasteiger partial charge in [-0.3, -0.25) is 0 Å². The van der Waals surface area contributed by atoms with Gasteiger partial charge >= 0.3 is 0 Å².